The van der Waals surface area contributed by atoms with Crippen LogP contribution in [0.4, 0.5) is 0 Å². The van der Waals surface area contributed by atoms with Gasteiger partial charge in [0.2, 0.25) is 0 Å². The molecule has 0 saturated heterocycles. The number of aliphatic hydroxyl groups excluding tert-OH is 1. The lowest BCUT2D eigenvalue weighted by Crippen LogP contribution is -2.35. The van der Waals surface area contributed by atoms with Crippen LogP contribution in [0.25, 0.3) is 0 Å². The topological polar surface area (TPSA) is 50.7 Å². The highest BCUT2D eigenvalue weighted by atomic mass is 16.5. The van der Waals surface area contributed by atoms with Gasteiger partial charge in [0.05, 0.1) is 19.3 Å². The van der Waals surface area contributed by atoms with Crippen LogP contribution < -0.4 is 10.1 Å². The molecule has 2 N–H and O–H groups in total. The van der Waals surface area contributed by atoms with E-state index in [4.69, 9.17) is 9.47 Å². The maximum absolute atomic E-state index is 9.75. The number of methoxy groups -OCH3 is 1. The Balaban J connectivity index is 2.10. The molecule has 0 fully saturated rings. The van der Waals surface area contributed by atoms with Crippen molar-refractivity contribution in [1.82, 2.24) is 5.32 Å². The van der Waals surface area contributed by atoms with Crippen LogP contribution >= 0.6 is 0 Å². The molecule has 112 valence electrons. The lowest BCUT2D eigenvalue weighted by atomic mass is 9.93. The van der Waals surface area contributed by atoms with Gasteiger partial charge < -0.3 is 19.9 Å². The van der Waals surface area contributed by atoms with E-state index in [1.807, 2.05) is 0 Å². The van der Waals surface area contributed by atoms with E-state index >= 15 is 0 Å². The Hall–Kier alpha value is -1.10. The summed E-state index contributed by atoms with van der Waals surface area (Å²) in [4.78, 5) is 0. The second kappa shape index (κ2) is 7.07. The van der Waals surface area contributed by atoms with Gasteiger partial charge in [0.15, 0.2) is 0 Å². The van der Waals surface area contributed by atoms with Crippen molar-refractivity contribution in [2.45, 2.75) is 38.3 Å². The molecular weight excluding hydrogens is 254 g/mol. The molecule has 0 radical (unpaired) electrons. The van der Waals surface area contributed by atoms with Gasteiger partial charge in [-0.15, -0.1) is 0 Å². The van der Waals surface area contributed by atoms with E-state index in [1.54, 1.807) is 7.11 Å². The monoisotopic (exact) mass is 279 g/mol. The van der Waals surface area contributed by atoms with Crippen molar-refractivity contribution >= 4 is 0 Å². The quantitative estimate of drug-likeness (QED) is 0.838. The number of ether oxygens (including phenoxy) is 2. The Labute approximate surface area is 121 Å². The van der Waals surface area contributed by atoms with Gasteiger partial charge in [-0.2, -0.15) is 0 Å². The van der Waals surface area contributed by atoms with Crippen LogP contribution in [-0.2, 0) is 4.74 Å². The van der Waals surface area contributed by atoms with Gasteiger partial charge in [-0.3, -0.25) is 0 Å². The summed E-state index contributed by atoms with van der Waals surface area (Å²) >= 11 is 0. The average molecular weight is 279 g/mol. The van der Waals surface area contributed by atoms with Gasteiger partial charge in [0.1, 0.15) is 5.75 Å². The fourth-order valence-corrected chi connectivity index (χ4v) is 2.65. The molecule has 4 heteroatoms. The highest BCUT2D eigenvalue weighted by Crippen LogP contribution is 2.37. The summed E-state index contributed by atoms with van der Waals surface area (Å²) in [6, 6.07) is 6.57. The number of hydrogen-bond acceptors (Lipinski definition) is 4. The number of nitrogens with one attached hydrogen (secondary N) is 1. The number of hydrogen-bond donors (Lipinski definition) is 2. The number of aliphatic hydroxyl groups is 1. The second-order valence-corrected chi connectivity index (χ2v) is 5.63. The molecular formula is C16H25NO3. The van der Waals surface area contributed by atoms with Crippen molar-refractivity contribution in [2.24, 2.45) is 0 Å². The molecule has 2 atom stereocenters. The summed E-state index contributed by atoms with van der Waals surface area (Å²) in [6.45, 7) is 5.96. The Bertz CT molecular complexity index is 434. The molecule has 2 unspecified atom stereocenters. The Morgan fingerprint density at radius 2 is 2.25 bits per heavy atom. The fourth-order valence-electron chi connectivity index (χ4n) is 2.65. The molecule has 1 aliphatic rings. The first kappa shape index (κ1) is 15.3. The van der Waals surface area contributed by atoms with Crippen LogP contribution in [0.1, 0.15) is 43.4 Å². The zero-order valence-electron chi connectivity index (χ0n) is 12.6. The predicted molar refractivity (Wildman–Crippen MR) is 79.3 cm³/mol. The first-order valence-corrected chi connectivity index (χ1v) is 7.29. The minimum Gasteiger partial charge on any atom is -0.493 e. The molecule has 0 amide bonds. The molecule has 0 spiro atoms. The minimum absolute atomic E-state index is 0.240. The zero-order chi connectivity index (χ0) is 14.5. The van der Waals surface area contributed by atoms with E-state index in [9.17, 15) is 5.11 Å². The van der Waals surface area contributed by atoms with Gasteiger partial charge >= 0.3 is 0 Å². The second-order valence-electron chi connectivity index (χ2n) is 5.63. The van der Waals surface area contributed by atoms with Crippen LogP contribution in [0.3, 0.4) is 0 Å². The van der Waals surface area contributed by atoms with E-state index < -0.39 is 6.10 Å². The maximum Gasteiger partial charge on any atom is 0.127 e. The van der Waals surface area contributed by atoms with Gasteiger partial charge in [-0.25, -0.2) is 0 Å². The summed E-state index contributed by atoms with van der Waals surface area (Å²) in [5.41, 5.74) is 2.46. The van der Waals surface area contributed by atoms with E-state index in [2.05, 4.69) is 37.4 Å². The van der Waals surface area contributed by atoms with Gasteiger partial charge in [-0.1, -0.05) is 32.0 Å². The van der Waals surface area contributed by atoms with E-state index in [0.717, 1.165) is 18.8 Å². The van der Waals surface area contributed by atoms with Crippen molar-refractivity contribution in [1.29, 1.82) is 0 Å². The maximum atomic E-state index is 9.75. The van der Waals surface area contributed by atoms with Crippen LogP contribution in [0.5, 0.6) is 5.75 Å². The third-order valence-electron chi connectivity index (χ3n) is 3.69. The van der Waals surface area contributed by atoms with Gasteiger partial charge in [0, 0.05) is 31.7 Å². The van der Waals surface area contributed by atoms with E-state index in [-0.39, 0.29) is 6.04 Å². The Morgan fingerprint density at radius 1 is 1.45 bits per heavy atom. The van der Waals surface area contributed by atoms with Gasteiger partial charge in [-0.05, 0) is 11.5 Å². The van der Waals surface area contributed by atoms with Crippen LogP contribution in [0.15, 0.2) is 18.2 Å². The lowest BCUT2D eigenvalue weighted by Gasteiger charge is -2.30. The molecule has 2 rings (SSSR count). The molecule has 1 aliphatic heterocycles. The minimum atomic E-state index is -0.473. The third-order valence-corrected chi connectivity index (χ3v) is 3.69. The summed E-state index contributed by atoms with van der Waals surface area (Å²) < 4.78 is 10.8. The van der Waals surface area contributed by atoms with Crippen LogP contribution in [0, 0.1) is 0 Å². The van der Waals surface area contributed by atoms with Crippen molar-refractivity contribution in [2.75, 3.05) is 26.9 Å². The summed E-state index contributed by atoms with van der Waals surface area (Å²) in [5, 5.41) is 13.2. The summed E-state index contributed by atoms with van der Waals surface area (Å²) in [7, 11) is 1.60. The van der Waals surface area contributed by atoms with E-state index in [1.165, 1.54) is 11.1 Å². The van der Waals surface area contributed by atoms with Crippen molar-refractivity contribution in [3.8, 4) is 5.75 Å². The fraction of sp³-hybridized carbons (Fsp3) is 0.625. The Kier molecular flexibility index (Phi) is 5.40. The number of fused-ring (bicyclic) bond motifs is 1. The molecule has 0 bridgehead atoms. The normalized spacial score (nSPS) is 19.6. The first-order chi connectivity index (χ1) is 9.63. The third kappa shape index (κ3) is 3.51. The largest absolute Gasteiger partial charge is 0.493 e. The average Bonchev–Trinajstić information content (AvgIpc) is 2.44. The zero-order valence-corrected chi connectivity index (χ0v) is 12.6. The smallest absolute Gasteiger partial charge is 0.127 e. The first-order valence-electron chi connectivity index (χ1n) is 7.29. The number of para-hydroxylation sites is 1. The van der Waals surface area contributed by atoms with Crippen molar-refractivity contribution in [3.05, 3.63) is 29.3 Å². The predicted octanol–water partition coefficient (Wildman–Crippen LogP) is 2.23. The molecule has 1 aromatic carbocycles. The SMILES string of the molecule is COCC(O)CNC1CCOc2c(C(C)C)cccc21. The molecule has 0 saturated carbocycles. The van der Waals surface area contributed by atoms with E-state index in [0.29, 0.717) is 19.1 Å². The molecule has 1 heterocycles. The number of benzene rings is 1. The highest BCUT2D eigenvalue weighted by Gasteiger charge is 2.24. The molecule has 4 nitrogen and oxygen atoms in total. The van der Waals surface area contributed by atoms with Crippen molar-refractivity contribution < 1.29 is 14.6 Å². The lowest BCUT2D eigenvalue weighted by molar-refractivity contribution is 0.0614. The van der Waals surface area contributed by atoms with Gasteiger partial charge in [0.25, 0.3) is 0 Å². The highest BCUT2D eigenvalue weighted by molar-refractivity contribution is 5.46. The Morgan fingerprint density at radius 3 is 2.95 bits per heavy atom. The van der Waals surface area contributed by atoms with Crippen LogP contribution in [-0.4, -0.2) is 38.1 Å². The van der Waals surface area contributed by atoms with Crippen LogP contribution in [0.2, 0.25) is 0 Å². The number of rotatable bonds is 6. The summed E-state index contributed by atoms with van der Waals surface area (Å²) in [6.07, 6.45) is 0.452. The standard InChI is InChI=1S/C16H25NO3/c1-11(2)13-5-4-6-14-15(7-8-20-16(13)14)17-9-12(18)10-19-3/h4-6,11-12,15,17-18H,7-10H2,1-3H3. The molecule has 20 heavy (non-hydrogen) atoms. The molecule has 1 aromatic rings. The molecule has 0 aliphatic carbocycles. The van der Waals surface area contributed by atoms with Crippen molar-refractivity contribution in [3.63, 3.8) is 0 Å². The molecule has 0 aromatic heterocycles. The summed E-state index contributed by atoms with van der Waals surface area (Å²) in [5.74, 6) is 1.47.